The molecule has 6 atom stereocenters. The van der Waals surface area contributed by atoms with Crippen LogP contribution in [0.15, 0.2) is 0 Å². The van der Waals surface area contributed by atoms with E-state index in [9.17, 15) is 4.79 Å². The molecule has 3 saturated carbocycles. The van der Waals surface area contributed by atoms with Crippen molar-refractivity contribution in [3.63, 3.8) is 0 Å². The third kappa shape index (κ3) is 2.47. The molecule has 0 aromatic carbocycles. The number of fused-ring (bicyclic) bond motifs is 5. The maximum Gasteiger partial charge on any atom is 0.315 e. The lowest BCUT2D eigenvalue weighted by molar-refractivity contribution is 0.194. The van der Waals surface area contributed by atoms with Crippen LogP contribution in [0.3, 0.4) is 0 Å². The van der Waals surface area contributed by atoms with Gasteiger partial charge in [-0.3, -0.25) is 0 Å². The third-order valence-corrected chi connectivity index (χ3v) is 5.68. The van der Waals surface area contributed by atoms with E-state index in [0.29, 0.717) is 12.5 Å². The maximum absolute atomic E-state index is 11.9. The third-order valence-electron chi connectivity index (χ3n) is 5.68. The molecule has 2 amide bonds. The van der Waals surface area contributed by atoms with Crippen molar-refractivity contribution < 1.29 is 9.90 Å². The second kappa shape index (κ2) is 5.31. The lowest BCUT2D eigenvalue weighted by Crippen LogP contribution is -2.49. The first-order valence-corrected chi connectivity index (χ1v) is 7.87. The van der Waals surface area contributed by atoms with Crippen molar-refractivity contribution in [1.29, 1.82) is 0 Å². The molecule has 4 nitrogen and oxygen atoms in total. The average molecular weight is 266 g/mol. The fraction of sp³-hybridized carbons (Fsp3) is 0.933. The van der Waals surface area contributed by atoms with Crippen molar-refractivity contribution >= 4 is 6.03 Å². The van der Waals surface area contributed by atoms with Crippen molar-refractivity contribution in [2.45, 2.75) is 57.5 Å². The number of carbonyl (C=O) groups excluding carboxylic acids is 1. The van der Waals surface area contributed by atoms with Crippen LogP contribution in [-0.2, 0) is 0 Å². The zero-order valence-electron chi connectivity index (χ0n) is 11.8. The molecule has 0 aromatic heterocycles. The van der Waals surface area contributed by atoms with Gasteiger partial charge < -0.3 is 15.7 Å². The minimum Gasteiger partial charge on any atom is -0.396 e. The molecule has 0 spiro atoms. The number of hydrogen-bond acceptors (Lipinski definition) is 2. The maximum atomic E-state index is 11.9. The Balaban J connectivity index is 1.50. The molecule has 2 bridgehead atoms. The molecule has 3 aliphatic carbocycles. The molecule has 5 unspecified atom stereocenters. The predicted octanol–water partition coefficient (Wildman–Crippen LogP) is 1.88. The number of hydrogen-bond donors (Lipinski definition) is 3. The largest absolute Gasteiger partial charge is 0.396 e. The molecular weight excluding hydrogens is 240 g/mol. The summed E-state index contributed by atoms with van der Waals surface area (Å²) in [5, 5.41) is 14.9. The molecule has 0 aromatic rings. The van der Waals surface area contributed by atoms with Crippen molar-refractivity contribution in [3.05, 3.63) is 0 Å². The van der Waals surface area contributed by atoms with Crippen molar-refractivity contribution in [1.82, 2.24) is 10.6 Å². The van der Waals surface area contributed by atoms with Gasteiger partial charge in [-0.15, -0.1) is 0 Å². The standard InChI is InChI=1S/C15H26N2O2/c1-9(5-6-18)16-15(19)17-14-8-10-7-13(14)12-4-2-3-11(10)12/h9-14,18H,2-8H2,1H3,(H2,16,17,19)/t9-,10?,11?,12?,13?,14?/m1/s1. The zero-order valence-corrected chi connectivity index (χ0v) is 11.8. The Labute approximate surface area is 115 Å². The lowest BCUT2D eigenvalue weighted by atomic mass is 9.79. The molecule has 0 saturated heterocycles. The van der Waals surface area contributed by atoms with Gasteiger partial charge in [-0.05, 0) is 62.7 Å². The van der Waals surface area contributed by atoms with E-state index in [1.807, 2.05) is 6.92 Å². The van der Waals surface area contributed by atoms with Gasteiger partial charge in [-0.25, -0.2) is 4.79 Å². The van der Waals surface area contributed by atoms with E-state index in [1.165, 1.54) is 32.1 Å². The molecule has 3 aliphatic rings. The van der Waals surface area contributed by atoms with Crippen molar-refractivity contribution in [3.8, 4) is 0 Å². The number of carbonyl (C=O) groups is 1. The first kappa shape index (κ1) is 13.2. The Morgan fingerprint density at radius 2 is 2.05 bits per heavy atom. The minimum absolute atomic E-state index is 0.0443. The molecule has 3 rings (SSSR count). The van der Waals surface area contributed by atoms with Gasteiger partial charge in [-0.1, -0.05) is 6.42 Å². The van der Waals surface area contributed by atoms with Gasteiger partial charge >= 0.3 is 6.03 Å². The summed E-state index contributed by atoms with van der Waals surface area (Å²) < 4.78 is 0. The summed E-state index contributed by atoms with van der Waals surface area (Å²) in [4.78, 5) is 11.9. The summed E-state index contributed by atoms with van der Waals surface area (Å²) in [5.74, 6) is 3.47. The van der Waals surface area contributed by atoms with Gasteiger partial charge in [0, 0.05) is 18.7 Å². The van der Waals surface area contributed by atoms with Crippen LogP contribution < -0.4 is 10.6 Å². The minimum atomic E-state index is -0.0481. The van der Waals surface area contributed by atoms with Crippen LogP contribution in [0, 0.1) is 23.7 Å². The fourth-order valence-corrected chi connectivity index (χ4v) is 4.93. The molecule has 0 heterocycles. The topological polar surface area (TPSA) is 61.4 Å². The van der Waals surface area contributed by atoms with Gasteiger partial charge in [0.05, 0.1) is 0 Å². The highest BCUT2D eigenvalue weighted by Gasteiger charge is 2.54. The number of urea groups is 1. The van der Waals surface area contributed by atoms with Crippen molar-refractivity contribution in [2.75, 3.05) is 6.61 Å². The highest BCUT2D eigenvalue weighted by molar-refractivity contribution is 5.74. The van der Waals surface area contributed by atoms with Crippen LogP contribution in [0.5, 0.6) is 0 Å². The Hall–Kier alpha value is -0.770. The first-order chi connectivity index (χ1) is 9.19. The summed E-state index contributed by atoms with van der Waals surface area (Å²) in [6.45, 7) is 2.06. The summed E-state index contributed by atoms with van der Waals surface area (Å²) in [6, 6.07) is 0.390. The van der Waals surface area contributed by atoms with Gasteiger partial charge in [0.2, 0.25) is 0 Å². The van der Waals surface area contributed by atoms with E-state index < -0.39 is 0 Å². The van der Waals surface area contributed by atoms with Crippen LogP contribution in [0.25, 0.3) is 0 Å². The van der Waals surface area contributed by atoms with E-state index in [1.54, 1.807) is 0 Å². The molecule has 108 valence electrons. The van der Waals surface area contributed by atoms with Crippen LogP contribution in [0.1, 0.15) is 45.4 Å². The summed E-state index contributed by atoms with van der Waals surface area (Å²) in [7, 11) is 0. The van der Waals surface area contributed by atoms with E-state index in [4.69, 9.17) is 5.11 Å². The molecule has 4 heteroatoms. The smallest absolute Gasteiger partial charge is 0.315 e. The molecule has 3 fully saturated rings. The van der Waals surface area contributed by atoms with Gasteiger partial charge in [-0.2, -0.15) is 0 Å². The van der Waals surface area contributed by atoms with Crippen molar-refractivity contribution in [2.24, 2.45) is 23.7 Å². The van der Waals surface area contributed by atoms with E-state index in [0.717, 1.165) is 23.7 Å². The number of aliphatic hydroxyl groups is 1. The molecule has 19 heavy (non-hydrogen) atoms. The fourth-order valence-electron chi connectivity index (χ4n) is 4.93. The number of rotatable bonds is 4. The first-order valence-electron chi connectivity index (χ1n) is 7.87. The van der Waals surface area contributed by atoms with Crippen LogP contribution >= 0.6 is 0 Å². The van der Waals surface area contributed by atoms with Gasteiger partial charge in [0.1, 0.15) is 0 Å². The highest BCUT2D eigenvalue weighted by Crippen LogP contribution is 2.58. The molecule has 0 radical (unpaired) electrons. The summed E-state index contributed by atoms with van der Waals surface area (Å²) in [5.41, 5.74) is 0. The monoisotopic (exact) mass is 266 g/mol. The Morgan fingerprint density at radius 3 is 2.84 bits per heavy atom. The van der Waals surface area contributed by atoms with E-state index in [-0.39, 0.29) is 18.7 Å². The molecule has 3 N–H and O–H groups in total. The van der Waals surface area contributed by atoms with Crippen LogP contribution in [-0.4, -0.2) is 29.8 Å². The Bertz CT molecular complexity index is 347. The second-order valence-electron chi connectivity index (χ2n) is 6.79. The Morgan fingerprint density at radius 1 is 1.26 bits per heavy atom. The lowest BCUT2D eigenvalue weighted by Gasteiger charge is -2.32. The summed E-state index contributed by atoms with van der Waals surface area (Å²) in [6.07, 6.45) is 7.36. The quantitative estimate of drug-likeness (QED) is 0.727. The number of amides is 2. The number of aliphatic hydroxyl groups excluding tert-OH is 1. The van der Waals surface area contributed by atoms with Gasteiger partial charge in [0.15, 0.2) is 0 Å². The Kier molecular flexibility index (Phi) is 3.70. The predicted molar refractivity (Wildman–Crippen MR) is 73.7 cm³/mol. The van der Waals surface area contributed by atoms with Crippen LogP contribution in [0.2, 0.25) is 0 Å². The highest BCUT2D eigenvalue weighted by atomic mass is 16.3. The molecule has 0 aliphatic heterocycles. The van der Waals surface area contributed by atoms with E-state index in [2.05, 4.69) is 10.6 Å². The SMILES string of the molecule is C[C@H](CCO)NC(=O)NC1CC2CC1C1CCCC21. The number of nitrogens with one attached hydrogen (secondary N) is 2. The second-order valence-corrected chi connectivity index (χ2v) is 6.79. The van der Waals surface area contributed by atoms with Crippen LogP contribution in [0.4, 0.5) is 4.79 Å². The van der Waals surface area contributed by atoms with E-state index >= 15 is 0 Å². The normalized spacial score (nSPS) is 41.1. The average Bonchev–Trinajstić information content (AvgIpc) is 2.98. The molecular formula is C15H26N2O2. The summed E-state index contributed by atoms with van der Waals surface area (Å²) >= 11 is 0. The van der Waals surface area contributed by atoms with Gasteiger partial charge in [0.25, 0.3) is 0 Å². The zero-order chi connectivity index (χ0) is 13.4.